The highest BCUT2D eigenvalue weighted by Gasteiger charge is 2.25. The predicted octanol–water partition coefficient (Wildman–Crippen LogP) is 2.54. The summed E-state index contributed by atoms with van der Waals surface area (Å²) in [5.41, 5.74) is 1.02. The Morgan fingerprint density at radius 1 is 1.29 bits per heavy atom. The lowest BCUT2D eigenvalue weighted by Crippen LogP contribution is -2.37. The second-order valence-corrected chi connectivity index (χ2v) is 5.88. The van der Waals surface area contributed by atoms with E-state index < -0.39 is 5.69 Å². The summed E-state index contributed by atoms with van der Waals surface area (Å²) in [6, 6.07) is 1.76. The molecule has 0 radical (unpaired) electrons. The number of hydrogen-bond acceptors (Lipinski definition) is 3. The van der Waals surface area contributed by atoms with Gasteiger partial charge in [0.2, 0.25) is 0 Å². The highest BCUT2D eigenvalue weighted by Crippen LogP contribution is 2.34. The second kappa shape index (κ2) is 5.48. The van der Waals surface area contributed by atoms with Gasteiger partial charge >= 0.3 is 5.69 Å². The van der Waals surface area contributed by atoms with Gasteiger partial charge in [-0.05, 0) is 37.3 Å². The number of aromatic nitrogens is 3. The van der Waals surface area contributed by atoms with Crippen LogP contribution in [0.4, 0.5) is 0 Å². The zero-order valence-corrected chi connectivity index (χ0v) is 12.5. The van der Waals surface area contributed by atoms with Crippen molar-refractivity contribution in [1.29, 1.82) is 0 Å². The summed E-state index contributed by atoms with van der Waals surface area (Å²) >= 11 is 6.12. The number of nitrogens with zero attached hydrogens (tertiary/aromatic N) is 2. The summed E-state index contributed by atoms with van der Waals surface area (Å²) in [4.78, 5) is 31.5. The Morgan fingerprint density at radius 2 is 2.00 bits per heavy atom. The second-order valence-electron chi connectivity index (χ2n) is 5.50. The maximum Gasteiger partial charge on any atom is 0.334 e. The molecule has 1 aliphatic carbocycles. The van der Waals surface area contributed by atoms with Crippen molar-refractivity contribution in [2.45, 2.75) is 38.5 Å². The van der Waals surface area contributed by atoms with Crippen molar-refractivity contribution < 1.29 is 0 Å². The molecule has 110 valence electrons. The monoisotopic (exact) mass is 305 g/mol. The lowest BCUT2D eigenvalue weighted by Gasteiger charge is -2.13. The Morgan fingerprint density at radius 3 is 2.67 bits per heavy atom. The molecule has 0 saturated heterocycles. The fraction of sp³-hybridized carbons (Fsp3) is 0.400. The molecule has 0 aromatic carbocycles. The number of H-pyrrole nitrogens is 1. The number of halogens is 1. The van der Waals surface area contributed by atoms with Crippen LogP contribution in [0.15, 0.2) is 28.0 Å². The van der Waals surface area contributed by atoms with Crippen molar-refractivity contribution in [2.24, 2.45) is 0 Å². The van der Waals surface area contributed by atoms with Crippen LogP contribution in [0.2, 0.25) is 5.15 Å². The van der Waals surface area contributed by atoms with Crippen molar-refractivity contribution in [3.8, 4) is 5.69 Å². The summed E-state index contributed by atoms with van der Waals surface area (Å²) < 4.78 is 1.12. The molecule has 1 aliphatic rings. The van der Waals surface area contributed by atoms with E-state index in [1.165, 1.54) is 6.20 Å². The van der Waals surface area contributed by atoms with Crippen molar-refractivity contribution in [1.82, 2.24) is 14.5 Å². The Kier molecular flexibility index (Phi) is 3.68. The Hall–Kier alpha value is -1.88. The van der Waals surface area contributed by atoms with Gasteiger partial charge < -0.3 is 0 Å². The van der Waals surface area contributed by atoms with Gasteiger partial charge in [0, 0.05) is 6.20 Å². The van der Waals surface area contributed by atoms with E-state index in [-0.39, 0.29) is 16.6 Å². The molecule has 0 spiro atoms. The van der Waals surface area contributed by atoms with Crippen LogP contribution in [0, 0.1) is 6.92 Å². The molecule has 21 heavy (non-hydrogen) atoms. The number of nitrogens with one attached hydrogen (secondary N) is 1. The molecule has 0 bridgehead atoms. The summed E-state index contributed by atoms with van der Waals surface area (Å²) in [5.74, 6) is 0.130. The van der Waals surface area contributed by atoms with E-state index in [4.69, 9.17) is 11.6 Å². The number of rotatable bonds is 2. The van der Waals surface area contributed by atoms with Crippen LogP contribution in [0.3, 0.4) is 0 Å². The van der Waals surface area contributed by atoms with Crippen LogP contribution in [-0.4, -0.2) is 14.5 Å². The van der Waals surface area contributed by atoms with Crippen molar-refractivity contribution in [2.75, 3.05) is 0 Å². The van der Waals surface area contributed by atoms with Gasteiger partial charge in [-0.1, -0.05) is 24.4 Å². The minimum absolute atomic E-state index is 0.130. The molecule has 1 saturated carbocycles. The molecule has 0 atom stereocenters. The highest BCUT2D eigenvalue weighted by atomic mass is 35.5. The third-order valence-electron chi connectivity index (χ3n) is 3.97. The molecular weight excluding hydrogens is 290 g/mol. The number of pyridine rings is 1. The minimum Gasteiger partial charge on any atom is -0.297 e. The Labute approximate surface area is 126 Å². The molecule has 3 rings (SSSR count). The van der Waals surface area contributed by atoms with Crippen LogP contribution in [0.1, 0.15) is 42.7 Å². The van der Waals surface area contributed by atoms with Gasteiger partial charge in [-0.25, -0.2) is 9.36 Å². The lowest BCUT2D eigenvalue weighted by molar-refractivity contribution is 0.688. The van der Waals surface area contributed by atoms with Crippen LogP contribution in [0.5, 0.6) is 0 Å². The molecule has 0 unspecified atom stereocenters. The van der Waals surface area contributed by atoms with E-state index in [0.29, 0.717) is 11.3 Å². The molecular formula is C15H16ClN3O2. The number of hydrogen-bond donors (Lipinski definition) is 1. The maximum atomic E-state index is 12.7. The van der Waals surface area contributed by atoms with Crippen LogP contribution in [-0.2, 0) is 0 Å². The molecule has 1 fully saturated rings. The van der Waals surface area contributed by atoms with Crippen LogP contribution < -0.4 is 11.2 Å². The molecule has 5 nitrogen and oxygen atoms in total. The summed E-state index contributed by atoms with van der Waals surface area (Å²) in [7, 11) is 0. The maximum absolute atomic E-state index is 12.7. The van der Waals surface area contributed by atoms with E-state index >= 15 is 0 Å². The van der Waals surface area contributed by atoms with Gasteiger partial charge in [-0.3, -0.25) is 14.8 Å². The first kappa shape index (κ1) is 14.1. The van der Waals surface area contributed by atoms with Gasteiger partial charge in [-0.2, -0.15) is 0 Å². The average molecular weight is 306 g/mol. The molecule has 0 aliphatic heterocycles. The van der Waals surface area contributed by atoms with Gasteiger partial charge in [-0.15, -0.1) is 0 Å². The topological polar surface area (TPSA) is 67.8 Å². The van der Waals surface area contributed by atoms with Crippen molar-refractivity contribution in [3.63, 3.8) is 0 Å². The molecule has 2 heterocycles. The fourth-order valence-corrected chi connectivity index (χ4v) is 3.30. The zero-order chi connectivity index (χ0) is 15.0. The predicted molar refractivity (Wildman–Crippen MR) is 81.4 cm³/mol. The largest absolute Gasteiger partial charge is 0.334 e. The number of aromatic amines is 1. The molecule has 2 aromatic rings. The van der Waals surface area contributed by atoms with Gasteiger partial charge in [0.05, 0.1) is 17.4 Å². The minimum atomic E-state index is -0.529. The SMILES string of the molecule is Cc1cncc(-n2c(=O)[nH]c(Cl)c(C3CCCC3)c2=O)c1. The third kappa shape index (κ3) is 2.53. The van der Waals surface area contributed by atoms with Crippen molar-refractivity contribution in [3.05, 3.63) is 55.6 Å². The Balaban J connectivity index is 2.24. The van der Waals surface area contributed by atoms with E-state index in [0.717, 1.165) is 35.8 Å². The molecule has 6 heteroatoms. The standard InChI is InChI=1S/C15H16ClN3O2/c1-9-6-11(8-17-7-9)19-14(20)12(10-4-2-3-5-10)13(16)18-15(19)21/h6-8,10H,2-5H2,1H3,(H,18,21). The first-order valence-corrected chi connectivity index (χ1v) is 7.42. The van der Waals surface area contributed by atoms with Crippen LogP contribution >= 0.6 is 11.6 Å². The van der Waals surface area contributed by atoms with Crippen molar-refractivity contribution >= 4 is 11.6 Å². The zero-order valence-electron chi connectivity index (χ0n) is 11.7. The smallest absolute Gasteiger partial charge is 0.297 e. The number of aryl methyl sites for hydroxylation is 1. The van der Waals surface area contributed by atoms with E-state index in [9.17, 15) is 9.59 Å². The van der Waals surface area contributed by atoms with E-state index in [1.54, 1.807) is 12.3 Å². The van der Waals surface area contributed by atoms with E-state index in [1.807, 2.05) is 6.92 Å². The molecule has 0 amide bonds. The molecule has 1 N–H and O–H groups in total. The first-order chi connectivity index (χ1) is 10.1. The highest BCUT2D eigenvalue weighted by molar-refractivity contribution is 6.30. The first-order valence-electron chi connectivity index (χ1n) is 7.04. The van der Waals surface area contributed by atoms with E-state index in [2.05, 4.69) is 9.97 Å². The summed E-state index contributed by atoms with van der Waals surface area (Å²) in [6.45, 7) is 1.86. The van der Waals surface area contributed by atoms with Gasteiger partial charge in [0.25, 0.3) is 5.56 Å². The van der Waals surface area contributed by atoms with Crippen LogP contribution in [0.25, 0.3) is 5.69 Å². The Bertz CT molecular complexity index is 788. The normalized spacial score (nSPS) is 15.5. The quantitative estimate of drug-likeness (QED) is 0.867. The summed E-state index contributed by atoms with van der Waals surface area (Å²) in [5, 5.41) is 0.175. The summed E-state index contributed by atoms with van der Waals surface area (Å²) in [6.07, 6.45) is 7.24. The average Bonchev–Trinajstić information content (AvgIpc) is 2.92. The molecule has 2 aromatic heterocycles. The third-order valence-corrected chi connectivity index (χ3v) is 4.27. The van der Waals surface area contributed by atoms with Gasteiger partial charge in [0.1, 0.15) is 5.15 Å². The van der Waals surface area contributed by atoms with Gasteiger partial charge in [0.15, 0.2) is 0 Å². The lowest BCUT2D eigenvalue weighted by atomic mass is 10.0. The fourth-order valence-electron chi connectivity index (χ4n) is 2.99.